The highest BCUT2D eigenvalue weighted by Gasteiger charge is 2.19. The zero-order chi connectivity index (χ0) is 26.0. The number of likely N-dealkylation sites (N-methyl/N-ethyl adjacent to an activating group) is 1. The third-order valence-corrected chi connectivity index (χ3v) is 7.18. The van der Waals surface area contributed by atoms with Crippen LogP contribution in [0.5, 0.6) is 0 Å². The molecule has 10 nitrogen and oxygen atoms in total. The van der Waals surface area contributed by atoms with Crippen LogP contribution in [-0.2, 0) is 23.7 Å². The lowest BCUT2D eigenvalue weighted by atomic mass is 10.1. The summed E-state index contributed by atoms with van der Waals surface area (Å²) in [7, 11) is 5.20. The first kappa shape index (κ1) is 33.6. The van der Waals surface area contributed by atoms with Crippen LogP contribution in [0.15, 0.2) is 0 Å². The Kier molecular flexibility index (Phi) is 23.4. The van der Waals surface area contributed by atoms with Gasteiger partial charge in [0.1, 0.15) is 5.94 Å². The molecule has 0 radical (unpaired) electrons. The molecule has 0 aliphatic carbocycles. The highest BCUT2D eigenvalue weighted by molar-refractivity contribution is 8.77. The van der Waals surface area contributed by atoms with Crippen molar-refractivity contribution in [2.75, 3.05) is 78.9 Å². The van der Waals surface area contributed by atoms with E-state index in [2.05, 4.69) is 41.6 Å². The number of carbonyl (C=O) groups is 2. The summed E-state index contributed by atoms with van der Waals surface area (Å²) in [4.78, 5) is 23.1. The molecule has 0 bridgehead atoms. The Balaban J connectivity index is 3.52. The average Bonchev–Trinajstić information content (AvgIpc) is 2.82. The normalized spacial score (nSPS) is 10.9. The fourth-order valence-corrected chi connectivity index (χ4v) is 4.48. The number of nitrogens with one attached hydrogen (secondary N) is 3. The zero-order valence-corrected chi connectivity index (χ0v) is 23.2. The van der Waals surface area contributed by atoms with E-state index in [4.69, 9.17) is 23.7 Å². The van der Waals surface area contributed by atoms with E-state index in [1.165, 1.54) is 0 Å². The summed E-state index contributed by atoms with van der Waals surface area (Å²) in [6.45, 7) is 10.8. The van der Waals surface area contributed by atoms with Gasteiger partial charge in [-0.3, -0.25) is 0 Å². The summed E-state index contributed by atoms with van der Waals surface area (Å²) in [5.74, 6) is 5.99. The molecule has 0 saturated carbocycles. The molecular weight excluding hydrogens is 494 g/mol. The fourth-order valence-electron chi connectivity index (χ4n) is 2.21. The number of alkyl carbamates (subject to hydrolysis) is 2. The number of carbonyl (C=O) groups excluding carboxylic acids is 2. The summed E-state index contributed by atoms with van der Waals surface area (Å²) in [6.07, 6.45) is 1.40. The minimum absolute atomic E-state index is 0.0614. The maximum atomic E-state index is 11.8. The van der Waals surface area contributed by atoms with E-state index in [0.717, 1.165) is 25.8 Å². The number of hydrogen-bond acceptors (Lipinski definition) is 10. The van der Waals surface area contributed by atoms with Crippen molar-refractivity contribution in [3.05, 3.63) is 0 Å². The van der Waals surface area contributed by atoms with Gasteiger partial charge in [0.05, 0.1) is 46.2 Å². The van der Waals surface area contributed by atoms with Crippen molar-refractivity contribution in [1.82, 2.24) is 16.0 Å². The fraction of sp³-hybridized carbons (Fsp3) is 0.826. The van der Waals surface area contributed by atoms with Crippen molar-refractivity contribution in [3.8, 4) is 11.8 Å². The smallest absolute Gasteiger partial charge is 0.407 e. The van der Waals surface area contributed by atoms with Crippen molar-refractivity contribution < 1.29 is 33.3 Å². The number of unbranched alkanes of at least 4 members (excludes halogenated alkanes) is 1. The Morgan fingerprint density at radius 2 is 1.49 bits per heavy atom. The average molecular weight is 538 g/mol. The summed E-state index contributed by atoms with van der Waals surface area (Å²) < 4.78 is 26.5. The van der Waals surface area contributed by atoms with Gasteiger partial charge >= 0.3 is 12.2 Å². The molecule has 0 aromatic carbocycles. The molecule has 2 amide bonds. The Bertz CT molecular complexity index is 601. The van der Waals surface area contributed by atoms with Gasteiger partial charge in [-0.05, 0) is 47.1 Å². The van der Waals surface area contributed by atoms with Crippen LogP contribution in [0.2, 0.25) is 0 Å². The lowest BCUT2D eigenvalue weighted by molar-refractivity contribution is 0.0497. The molecule has 0 aromatic rings. The molecule has 204 valence electrons. The Labute approximate surface area is 218 Å². The molecule has 0 aliphatic rings. The van der Waals surface area contributed by atoms with Gasteiger partial charge in [-0.25, -0.2) is 9.59 Å². The summed E-state index contributed by atoms with van der Waals surface area (Å²) in [5.41, 5.74) is 0. The molecule has 0 saturated heterocycles. The van der Waals surface area contributed by atoms with Crippen molar-refractivity contribution >= 4 is 33.8 Å². The van der Waals surface area contributed by atoms with E-state index < -0.39 is 12.2 Å². The van der Waals surface area contributed by atoms with Gasteiger partial charge in [0.15, 0.2) is 0 Å². The van der Waals surface area contributed by atoms with Gasteiger partial charge in [-0.15, -0.1) is 5.92 Å². The molecule has 35 heavy (non-hydrogen) atoms. The van der Waals surface area contributed by atoms with Crippen LogP contribution in [-0.4, -0.2) is 95.8 Å². The molecule has 0 fully saturated rings. The largest absolute Gasteiger partial charge is 0.450 e. The summed E-state index contributed by atoms with van der Waals surface area (Å²) in [6, 6.07) is 0. The minimum Gasteiger partial charge on any atom is -0.450 e. The van der Waals surface area contributed by atoms with Gasteiger partial charge < -0.3 is 39.6 Å². The molecule has 0 heterocycles. The Morgan fingerprint density at radius 1 is 0.829 bits per heavy atom. The predicted octanol–water partition coefficient (Wildman–Crippen LogP) is 3.02. The molecule has 0 spiro atoms. The SMILES string of the molecule is CC#CCNC(=O)OCCCCOCSSC(C)(C)CCOC(=O)NCCOCCOCCNC. The van der Waals surface area contributed by atoms with E-state index in [9.17, 15) is 9.59 Å². The first-order valence-electron chi connectivity index (χ1n) is 11.8. The van der Waals surface area contributed by atoms with Gasteiger partial charge in [-0.1, -0.05) is 27.5 Å². The second-order valence-electron chi connectivity index (χ2n) is 7.75. The quantitative estimate of drug-likeness (QED) is 0.0823. The van der Waals surface area contributed by atoms with Crippen molar-refractivity contribution in [2.24, 2.45) is 0 Å². The first-order chi connectivity index (χ1) is 16.9. The van der Waals surface area contributed by atoms with Gasteiger partial charge in [0, 0.05) is 24.4 Å². The van der Waals surface area contributed by atoms with Gasteiger partial charge in [0.25, 0.3) is 0 Å². The van der Waals surface area contributed by atoms with Crippen LogP contribution in [0.1, 0.15) is 40.0 Å². The van der Waals surface area contributed by atoms with E-state index in [1.807, 2.05) is 7.05 Å². The number of rotatable bonds is 22. The topological polar surface area (TPSA) is 116 Å². The van der Waals surface area contributed by atoms with Crippen LogP contribution in [0.3, 0.4) is 0 Å². The second-order valence-corrected chi connectivity index (χ2v) is 10.7. The standard InChI is InChI=1S/C23H43N3O7S2/c1-5-6-10-25-21(27)32-14-8-7-13-31-20-34-35-23(2,3)9-15-33-22(28)26-12-17-30-19-18-29-16-11-24-4/h24H,7-20H2,1-4H3,(H,25,27)(H,26,28). The van der Waals surface area contributed by atoms with Crippen molar-refractivity contribution in [1.29, 1.82) is 0 Å². The highest BCUT2D eigenvalue weighted by Crippen LogP contribution is 2.37. The molecule has 0 atom stereocenters. The second kappa shape index (κ2) is 24.3. The predicted molar refractivity (Wildman–Crippen MR) is 142 cm³/mol. The van der Waals surface area contributed by atoms with Crippen LogP contribution < -0.4 is 16.0 Å². The summed E-state index contributed by atoms with van der Waals surface area (Å²) in [5, 5.41) is 8.22. The molecule has 3 N–H and O–H groups in total. The van der Waals surface area contributed by atoms with E-state index in [1.54, 1.807) is 28.5 Å². The van der Waals surface area contributed by atoms with Crippen molar-refractivity contribution in [3.63, 3.8) is 0 Å². The highest BCUT2D eigenvalue weighted by atomic mass is 33.1. The Hall–Kier alpha value is -1.36. The number of hydrogen-bond donors (Lipinski definition) is 3. The molecule has 0 unspecified atom stereocenters. The molecule has 0 aromatic heterocycles. The van der Waals surface area contributed by atoms with Crippen LogP contribution >= 0.6 is 21.6 Å². The van der Waals surface area contributed by atoms with E-state index >= 15 is 0 Å². The maximum Gasteiger partial charge on any atom is 0.407 e. The lowest BCUT2D eigenvalue weighted by Gasteiger charge is -2.22. The minimum atomic E-state index is -0.448. The van der Waals surface area contributed by atoms with Gasteiger partial charge in [0.2, 0.25) is 0 Å². The van der Waals surface area contributed by atoms with Crippen LogP contribution in [0.4, 0.5) is 9.59 Å². The summed E-state index contributed by atoms with van der Waals surface area (Å²) >= 11 is 0. The van der Waals surface area contributed by atoms with E-state index in [-0.39, 0.29) is 4.75 Å². The first-order valence-corrected chi connectivity index (χ1v) is 14.1. The van der Waals surface area contributed by atoms with Crippen LogP contribution in [0, 0.1) is 11.8 Å². The number of ether oxygens (including phenoxy) is 5. The monoisotopic (exact) mass is 537 g/mol. The van der Waals surface area contributed by atoms with Crippen molar-refractivity contribution in [2.45, 2.75) is 44.8 Å². The molecule has 0 aliphatic heterocycles. The number of amides is 2. The molecular formula is C23H43N3O7S2. The zero-order valence-electron chi connectivity index (χ0n) is 21.6. The Morgan fingerprint density at radius 3 is 2.20 bits per heavy atom. The van der Waals surface area contributed by atoms with E-state index in [0.29, 0.717) is 65.3 Å². The molecule has 0 rings (SSSR count). The lowest BCUT2D eigenvalue weighted by Crippen LogP contribution is -2.29. The third kappa shape index (κ3) is 25.5. The third-order valence-electron chi connectivity index (χ3n) is 4.15. The van der Waals surface area contributed by atoms with Gasteiger partial charge in [-0.2, -0.15) is 0 Å². The van der Waals surface area contributed by atoms with Crippen LogP contribution in [0.25, 0.3) is 0 Å². The maximum absolute atomic E-state index is 11.8. The molecule has 12 heteroatoms.